The summed E-state index contributed by atoms with van der Waals surface area (Å²) in [5, 5.41) is 15.0. The van der Waals surface area contributed by atoms with Gasteiger partial charge in [-0.25, -0.2) is 0 Å². The van der Waals surface area contributed by atoms with Crippen molar-refractivity contribution >= 4 is 11.3 Å². The van der Waals surface area contributed by atoms with Crippen LogP contribution in [-0.2, 0) is 4.74 Å². The molecule has 3 nitrogen and oxygen atoms in total. The van der Waals surface area contributed by atoms with Crippen LogP contribution in [0.5, 0.6) is 0 Å². The number of ether oxygens (including phenoxy) is 1. The molecule has 2 aliphatic rings. The van der Waals surface area contributed by atoms with Crippen molar-refractivity contribution in [3.05, 3.63) is 22.4 Å². The lowest BCUT2D eigenvalue weighted by molar-refractivity contribution is -0.106. The molecule has 2 heterocycles. The molecule has 0 amide bonds. The van der Waals surface area contributed by atoms with Gasteiger partial charge < -0.3 is 9.84 Å². The van der Waals surface area contributed by atoms with Crippen molar-refractivity contribution < 1.29 is 9.84 Å². The Labute approximate surface area is 125 Å². The Hall–Kier alpha value is -0.420. The van der Waals surface area contributed by atoms with Crippen LogP contribution < -0.4 is 0 Å². The van der Waals surface area contributed by atoms with Gasteiger partial charge >= 0.3 is 0 Å². The van der Waals surface area contributed by atoms with E-state index in [2.05, 4.69) is 28.7 Å². The Morgan fingerprint density at radius 1 is 1.35 bits per heavy atom. The van der Waals surface area contributed by atoms with E-state index < -0.39 is 5.60 Å². The van der Waals surface area contributed by atoms with Gasteiger partial charge in [0.25, 0.3) is 0 Å². The molecule has 0 aromatic carbocycles. The van der Waals surface area contributed by atoms with Crippen molar-refractivity contribution in [2.75, 3.05) is 19.6 Å². The molecule has 4 heteroatoms. The van der Waals surface area contributed by atoms with Gasteiger partial charge in [-0.2, -0.15) is 11.3 Å². The summed E-state index contributed by atoms with van der Waals surface area (Å²) >= 11 is 1.72. The second-order valence-electron chi connectivity index (χ2n) is 6.47. The molecule has 1 saturated heterocycles. The van der Waals surface area contributed by atoms with Crippen LogP contribution in [-0.4, -0.2) is 41.3 Å². The number of aliphatic hydroxyl groups is 1. The minimum Gasteiger partial charge on any atom is -0.389 e. The molecule has 1 N–H and O–H groups in total. The maximum atomic E-state index is 10.7. The highest BCUT2D eigenvalue weighted by Gasteiger charge is 2.35. The van der Waals surface area contributed by atoms with Crippen LogP contribution >= 0.6 is 11.3 Å². The van der Waals surface area contributed by atoms with Crippen LogP contribution in [0.1, 0.15) is 50.7 Å². The van der Waals surface area contributed by atoms with E-state index in [9.17, 15) is 5.11 Å². The van der Waals surface area contributed by atoms with Gasteiger partial charge in [0.05, 0.1) is 17.8 Å². The maximum absolute atomic E-state index is 10.7. The molecule has 0 radical (unpaired) electrons. The first-order chi connectivity index (χ1) is 9.65. The van der Waals surface area contributed by atoms with Crippen molar-refractivity contribution in [3.8, 4) is 0 Å². The van der Waals surface area contributed by atoms with Crippen LogP contribution in [0, 0.1) is 0 Å². The molecule has 1 aromatic rings. The Morgan fingerprint density at radius 2 is 2.15 bits per heavy atom. The molecule has 2 unspecified atom stereocenters. The van der Waals surface area contributed by atoms with Crippen molar-refractivity contribution in [1.82, 2.24) is 4.90 Å². The number of rotatable bonds is 3. The van der Waals surface area contributed by atoms with Crippen LogP contribution in [0.3, 0.4) is 0 Å². The molecule has 20 heavy (non-hydrogen) atoms. The third-order valence-corrected chi connectivity index (χ3v) is 5.25. The first-order valence-electron chi connectivity index (χ1n) is 7.77. The predicted molar refractivity (Wildman–Crippen MR) is 82.1 cm³/mol. The fourth-order valence-corrected chi connectivity index (χ4v) is 4.30. The quantitative estimate of drug-likeness (QED) is 0.929. The molecule has 112 valence electrons. The SMILES string of the molecule is CC1CN(CC2(O)CCCCC2)CC(c2ccsc2)O1. The highest BCUT2D eigenvalue weighted by molar-refractivity contribution is 7.07. The zero-order valence-corrected chi connectivity index (χ0v) is 13.1. The first-order valence-corrected chi connectivity index (χ1v) is 8.71. The van der Waals surface area contributed by atoms with Gasteiger partial charge in [-0.1, -0.05) is 19.3 Å². The molecule has 1 aliphatic carbocycles. The number of morpholine rings is 1. The topological polar surface area (TPSA) is 32.7 Å². The number of hydrogen-bond donors (Lipinski definition) is 1. The van der Waals surface area contributed by atoms with Crippen molar-refractivity contribution in [2.45, 2.75) is 56.8 Å². The van der Waals surface area contributed by atoms with E-state index in [0.717, 1.165) is 32.5 Å². The van der Waals surface area contributed by atoms with Gasteiger partial charge in [-0.3, -0.25) is 4.90 Å². The molecular formula is C16H25NO2S. The molecule has 2 atom stereocenters. The Bertz CT molecular complexity index is 414. The van der Waals surface area contributed by atoms with Crippen LogP contribution in [0.4, 0.5) is 0 Å². The predicted octanol–water partition coefficient (Wildman–Crippen LogP) is 3.21. The van der Waals surface area contributed by atoms with E-state index in [1.807, 2.05) is 0 Å². The normalized spacial score (nSPS) is 31.3. The van der Waals surface area contributed by atoms with Gasteiger partial charge in [0.1, 0.15) is 0 Å². The van der Waals surface area contributed by atoms with E-state index in [4.69, 9.17) is 4.74 Å². The molecule has 1 aliphatic heterocycles. The lowest BCUT2D eigenvalue weighted by atomic mass is 9.84. The molecule has 2 fully saturated rings. The highest BCUT2D eigenvalue weighted by Crippen LogP contribution is 2.32. The fourth-order valence-electron chi connectivity index (χ4n) is 3.59. The lowest BCUT2D eigenvalue weighted by Crippen LogP contribution is -2.50. The summed E-state index contributed by atoms with van der Waals surface area (Å²) in [7, 11) is 0. The van der Waals surface area contributed by atoms with Gasteiger partial charge in [-0.05, 0) is 42.2 Å². The summed E-state index contributed by atoms with van der Waals surface area (Å²) in [6, 6.07) is 2.15. The van der Waals surface area contributed by atoms with Crippen LogP contribution in [0.2, 0.25) is 0 Å². The minimum atomic E-state index is -0.464. The minimum absolute atomic E-state index is 0.164. The monoisotopic (exact) mass is 295 g/mol. The lowest BCUT2D eigenvalue weighted by Gasteiger charge is -2.42. The Morgan fingerprint density at radius 3 is 2.85 bits per heavy atom. The highest BCUT2D eigenvalue weighted by atomic mass is 32.1. The largest absolute Gasteiger partial charge is 0.389 e. The molecule has 1 saturated carbocycles. The maximum Gasteiger partial charge on any atom is 0.0964 e. The Balaban J connectivity index is 1.64. The van der Waals surface area contributed by atoms with Crippen molar-refractivity contribution in [1.29, 1.82) is 0 Å². The second-order valence-corrected chi connectivity index (χ2v) is 7.25. The van der Waals surface area contributed by atoms with Gasteiger partial charge in [0, 0.05) is 19.6 Å². The van der Waals surface area contributed by atoms with E-state index in [0.29, 0.717) is 0 Å². The number of hydrogen-bond acceptors (Lipinski definition) is 4. The average Bonchev–Trinajstić information content (AvgIpc) is 2.92. The zero-order valence-electron chi connectivity index (χ0n) is 12.3. The zero-order chi connectivity index (χ0) is 14.0. The molecule has 3 rings (SSSR count). The summed E-state index contributed by atoms with van der Waals surface area (Å²) in [5.74, 6) is 0. The summed E-state index contributed by atoms with van der Waals surface area (Å²) in [4.78, 5) is 2.40. The molecule has 1 aromatic heterocycles. The fraction of sp³-hybridized carbons (Fsp3) is 0.750. The molecule has 0 spiro atoms. The van der Waals surface area contributed by atoms with E-state index in [-0.39, 0.29) is 12.2 Å². The molecular weight excluding hydrogens is 270 g/mol. The summed E-state index contributed by atoms with van der Waals surface area (Å²) in [5.41, 5.74) is 0.816. The summed E-state index contributed by atoms with van der Waals surface area (Å²) in [6.45, 7) is 4.78. The van der Waals surface area contributed by atoms with E-state index >= 15 is 0 Å². The smallest absolute Gasteiger partial charge is 0.0964 e. The summed E-state index contributed by atoms with van der Waals surface area (Å²) < 4.78 is 6.07. The van der Waals surface area contributed by atoms with Crippen molar-refractivity contribution in [3.63, 3.8) is 0 Å². The van der Waals surface area contributed by atoms with Gasteiger partial charge in [0.15, 0.2) is 0 Å². The van der Waals surface area contributed by atoms with Gasteiger partial charge in [-0.15, -0.1) is 0 Å². The van der Waals surface area contributed by atoms with Crippen LogP contribution in [0.25, 0.3) is 0 Å². The number of thiophene rings is 1. The standard InChI is InChI=1S/C16H25NO2S/c1-13-9-17(12-16(18)6-3-2-4-7-16)10-15(19-13)14-5-8-20-11-14/h5,8,11,13,15,18H,2-4,6-7,9-10,12H2,1H3. The third-order valence-electron chi connectivity index (χ3n) is 4.55. The van der Waals surface area contributed by atoms with Crippen molar-refractivity contribution in [2.24, 2.45) is 0 Å². The second kappa shape index (κ2) is 6.14. The Kier molecular flexibility index (Phi) is 4.46. The number of nitrogens with zero attached hydrogens (tertiary/aromatic N) is 1. The summed E-state index contributed by atoms with van der Waals surface area (Å²) in [6.07, 6.45) is 5.94. The first kappa shape index (κ1) is 14.5. The van der Waals surface area contributed by atoms with E-state index in [1.165, 1.54) is 24.8 Å². The van der Waals surface area contributed by atoms with Crippen LogP contribution in [0.15, 0.2) is 16.8 Å². The third kappa shape index (κ3) is 3.42. The van der Waals surface area contributed by atoms with Gasteiger partial charge in [0.2, 0.25) is 0 Å². The molecule has 0 bridgehead atoms. The average molecular weight is 295 g/mol. The van der Waals surface area contributed by atoms with E-state index in [1.54, 1.807) is 11.3 Å². The number of β-amino-alcohol motifs (C(OH)–C–C–N with tert-alkyl or cyclic N) is 1.